The van der Waals surface area contributed by atoms with Gasteiger partial charge in [-0.1, -0.05) is 0 Å². The minimum atomic E-state index is -1.68. The predicted molar refractivity (Wildman–Crippen MR) is 110 cm³/mol. The van der Waals surface area contributed by atoms with Crippen molar-refractivity contribution in [3.05, 3.63) is 34.5 Å². The van der Waals surface area contributed by atoms with E-state index in [1.807, 2.05) is 0 Å². The van der Waals surface area contributed by atoms with Crippen LogP contribution >= 0.6 is 0 Å². The molecule has 0 saturated carbocycles. The maximum absolute atomic E-state index is 12.9. The van der Waals surface area contributed by atoms with Gasteiger partial charge in [0.2, 0.25) is 23.2 Å². The zero-order valence-corrected chi connectivity index (χ0v) is 17.0. The molecule has 0 spiro atoms. The first-order chi connectivity index (χ1) is 15.6. The Morgan fingerprint density at radius 3 is 2.39 bits per heavy atom. The van der Waals surface area contributed by atoms with Gasteiger partial charge in [0.05, 0.1) is 13.7 Å². The standard InChI is InChI=1S/C21H20O12/c1-30-20-17(28)14-9(23)4-8(22)5-12(14)32-19(20)7-2-10(24)15(26)13(3-7)33-21-18(29)16(27)11(25)6-31-21/h2-5,11,16,18,21-27,29H,6H2,1H3. The zero-order chi connectivity index (χ0) is 24.0. The lowest BCUT2D eigenvalue weighted by molar-refractivity contribution is -0.242. The van der Waals surface area contributed by atoms with Gasteiger partial charge in [-0.25, -0.2) is 0 Å². The van der Waals surface area contributed by atoms with Crippen LogP contribution < -0.4 is 14.9 Å². The van der Waals surface area contributed by atoms with E-state index in [1.165, 1.54) is 7.11 Å². The van der Waals surface area contributed by atoms with E-state index in [9.17, 15) is 40.5 Å². The Kier molecular flexibility index (Phi) is 5.68. The van der Waals surface area contributed by atoms with Gasteiger partial charge in [-0.05, 0) is 12.1 Å². The molecule has 2 heterocycles. The summed E-state index contributed by atoms with van der Waals surface area (Å²) in [6, 6.07) is 4.22. The highest BCUT2D eigenvalue weighted by Crippen LogP contribution is 2.43. The summed E-state index contributed by atoms with van der Waals surface area (Å²) in [6.07, 6.45) is -6.12. The first-order valence-electron chi connectivity index (χ1n) is 9.58. The van der Waals surface area contributed by atoms with Crippen LogP contribution in [0.3, 0.4) is 0 Å². The molecule has 0 radical (unpaired) electrons. The summed E-state index contributed by atoms with van der Waals surface area (Å²) in [4.78, 5) is 12.9. The van der Waals surface area contributed by atoms with Gasteiger partial charge in [0.1, 0.15) is 40.8 Å². The minimum Gasteiger partial charge on any atom is -0.508 e. The molecule has 1 aliphatic rings. The topological polar surface area (TPSA) is 200 Å². The molecule has 4 unspecified atom stereocenters. The van der Waals surface area contributed by atoms with Crippen LogP contribution in [0, 0.1) is 0 Å². The molecule has 1 fully saturated rings. The molecule has 3 aromatic rings. The van der Waals surface area contributed by atoms with Crippen LogP contribution in [-0.2, 0) is 4.74 Å². The van der Waals surface area contributed by atoms with E-state index in [0.717, 1.165) is 24.3 Å². The average Bonchev–Trinajstić information content (AvgIpc) is 2.76. The highest BCUT2D eigenvalue weighted by Gasteiger charge is 2.39. The predicted octanol–water partition coefficient (Wildman–Crippen LogP) is 0.109. The maximum Gasteiger partial charge on any atom is 0.239 e. The Morgan fingerprint density at radius 1 is 0.970 bits per heavy atom. The molecule has 0 amide bonds. The van der Waals surface area contributed by atoms with Gasteiger partial charge >= 0.3 is 0 Å². The van der Waals surface area contributed by atoms with Gasteiger partial charge in [0.15, 0.2) is 17.3 Å². The number of hydrogen-bond donors (Lipinski definition) is 7. The zero-order valence-electron chi connectivity index (χ0n) is 17.0. The van der Waals surface area contributed by atoms with Crippen LogP contribution in [0.4, 0.5) is 0 Å². The molecule has 4 atom stereocenters. The molecule has 2 aromatic carbocycles. The van der Waals surface area contributed by atoms with Crippen molar-refractivity contribution >= 4 is 11.0 Å². The number of ether oxygens (including phenoxy) is 3. The van der Waals surface area contributed by atoms with Crippen molar-refractivity contribution in [3.63, 3.8) is 0 Å². The molecule has 12 heteroatoms. The summed E-state index contributed by atoms with van der Waals surface area (Å²) in [5, 5.41) is 69.4. The SMILES string of the molecule is COc1c(-c2cc(O)c(O)c(OC3OCC(O)C(O)C3O)c2)oc2cc(O)cc(O)c2c1=O. The lowest BCUT2D eigenvalue weighted by atomic mass is 10.1. The quantitative estimate of drug-likeness (QED) is 0.257. The van der Waals surface area contributed by atoms with E-state index in [1.54, 1.807) is 0 Å². The summed E-state index contributed by atoms with van der Waals surface area (Å²) in [7, 11) is 1.18. The van der Waals surface area contributed by atoms with E-state index < -0.39 is 53.0 Å². The minimum absolute atomic E-state index is 0.0233. The van der Waals surface area contributed by atoms with Crippen LogP contribution in [-0.4, -0.2) is 74.1 Å². The van der Waals surface area contributed by atoms with Gasteiger partial charge in [0.25, 0.3) is 0 Å². The van der Waals surface area contributed by atoms with Crippen molar-refractivity contribution in [2.75, 3.05) is 13.7 Å². The molecule has 4 rings (SSSR count). The van der Waals surface area contributed by atoms with E-state index >= 15 is 0 Å². The number of aliphatic hydroxyl groups is 3. The third kappa shape index (κ3) is 3.85. The first-order valence-corrected chi connectivity index (χ1v) is 9.58. The summed E-state index contributed by atoms with van der Waals surface area (Å²) in [6.45, 7) is -0.365. The number of aliphatic hydroxyl groups excluding tert-OH is 3. The monoisotopic (exact) mass is 464 g/mol. The van der Waals surface area contributed by atoms with E-state index in [4.69, 9.17) is 18.6 Å². The fourth-order valence-corrected chi connectivity index (χ4v) is 3.47. The van der Waals surface area contributed by atoms with Crippen LogP contribution in [0.2, 0.25) is 0 Å². The fourth-order valence-electron chi connectivity index (χ4n) is 3.47. The lowest BCUT2D eigenvalue weighted by Gasteiger charge is -2.35. The second kappa shape index (κ2) is 8.33. The molecular formula is C21H20O12. The normalized spacial score (nSPS) is 22.9. The number of benzene rings is 2. The average molecular weight is 464 g/mol. The highest BCUT2D eigenvalue weighted by molar-refractivity contribution is 5.88. The van der Waals surface area contributed by atoms with Crippen LogP contribution in [0.15, 0.2) is 33.5 Å². The number of methoxy groups -OCH3 is 1. The molecule has 1 aromatic heterocycles. The Hall–Kier alpha value is -3.71. The second-order valence-corrected chi connectivity index (χ2v) is 7.34. The molecule has 0 aliphatic carbocycles. The number of fused-ring (bicyclic) bond motifs is 1. The highest BCUT2D eigenvalue weighted by atomic mass is 16.7. The number of rotatable bonds is 4. The number of hydrogen-bond acceptors (Lipinski definition) is 12. The van der Waals surface area contributed by atoms with Gasteiger partial charge in [-0.3, -0.25) is 4.79 Å². The van der Waals surface area contributed by atoms with Crippen molar-refractivity contribution in [2.45, 2.75) is 24.6 Å². The molecular weight excluding hydrogens is 444 g/mol. The van der Waals surface area contributed by atoms with E-state index in [-0.39, 0.29) is 40.4 Å². The van der Waals surface area contributed by atoms with Crippen molar-refractivity contribution < 1.29 is 54.4 Å². The second-order valence-electron chi connectivity index (χ2n) is 7.34. The third-order valence-corrected chi connectivity index (χ3v) is 5.14. The van der Waals surface area contributed by atoms with Crippen molar-refractivity contribution in [3.8, 4) is 45.8 Å². The maximum atomic E-state index is 12.9. The first kappa shape index (κ1) is 22.5. The number of aromatic hydroxyl groups is 4. The largest absolute Gasteiger partial charge is 0.508 e. The van der Waals surface area contributed by atoms with Crippen LogP contribution in [0.25, 0.3) is 22.3 Å². The molecule has 33 heavy (non-hydrogen) atoms. The fraction of sp³-hybridized carbons (Fsp3) is 0.286. The van der Waals surface area contributed by atoms with E-state index in [2.05, 4.69) is 0 Å². The molecule has 176 valence electrons. The Morgan fingerprint density at radius 2 is 1.70 bits per heavy atom. The Balaban J connectivity index is 1.84. The van der Waals surface area contributed by atoms with E-state index in [0.29, 0.717) is 0 Å². The molecule has 12 nitrogen and oxygen atoms in total. The summed E-state index contributed by atoms with van der Waals surface area (Å²) in [5.74, 6) is -3.36. The smallest absolute Gasteiger partial charge is 0.239 e. The van der Waals surface area contributed by atoms with Gasteiger partial charge < -0.3 is 54.4 Å². The summed E-state index contributed by atoms with van der Waals surface area (Å²) >= 11 is 0. The van der Waals surface area contributed by atoms with Crippen molar-refractivity contribution in [2.24, 2.45) is 0 Å². The Labute approximate surface area is 184 Å². The van der Waals surface area contributed by atoms with Crippen molar-refractivity contribution in [1.82, 2.24) is 0 Å². The van der Waals surface area contributed by atoms with Gasteiger partial charge in [-0.15, -0.1) is 0 Å². The summed E-state index contributed by atoms with van der Waals surface area (Å²) in [5.41, 5.74) is -0.985. The summed E-state index contributed by atoms with van der Waals surface area (Å²) < 4.78 is 21.3. The molecule has 1 saturated heterocycles. The Bertz CT molecular complexity index is 1270. The molecule has 1 aliphatic heterocycles. The molecule has 7 N–H and O–H groups in total. The van der Waals surface area contributed by atoms with Crippen LogP contribution in [0.5, 0.6) is 34.5 Å². The third-order valence-electron chi connectivity index (χ3n) is 5.14. The van der Waals surface area contributed by atoms with Crippen LogP contribution in [0.1, 0.15) is 0 Å². The van der Waals surface area contributed by atoms with Crippen molar-refractivity contribution in [1.29, 1.82) is 0 Å². The number of phenols is 4. The lowest BCUT2D eigenvalue weighted by Crippen LogP contribution is -2.54. The van der Waals surface area contributed by atoms with Gasteiger partial charge in [0, 0.05) is 17.7 Å². The van der Waals surface area contributed by atoms with Gasteiger partial charge in [-0.2, -0.15) is 0 Å². The molecule has 0 bridgehead atoms. The number of phenolic OH excluding ortho intramolecular Hbond substituents is 4.